The molecule has 37 heavy (non-hydrogen) atoms. The summed E-state index contributed by atoms with van der Waals surface area (Å²) in [6, 6.07) is 8.42. The second kappa shape index (κ2) is 7.11. The van der Waals surface area contributed by atoms with E-state index in [4.69, 9.17) is 14.2 Å². The maximum atomic E-state index is 13.6. The third kappa shape index (κ3) is 2.73. The minimum Gasteiger partial charge on any atom is -0.508 e. The van der Waals surface area contributed by atoms with Crippen LogP contribution in [0.25, 0.3) is 0 Å². The van der Waals surface area contributed by atoms with E-state index in [1.807, 2.05) is 6.07 Å². The number of phenols is 1. The van der Waals surface area contributed by atoms with Crippen molar-refractivity contribution in [2.45, 2.75) is 55.3 Å². The average molecular weight is 505 g/mol. The molecule has 0 unspecified atom stereocenters. The highest BCUT2D eigenvalue weighted by atomic mass is 16.7. The topological polar surface area (TPSA) is 121 Å². The molecule has 4 N–H and O–H groups in total. The van der Waals surface area contributed by atoms with Gasteiger partial charge < -0.3 is 34.8 Å². The molecule has 9 heteroatoms. The highest BCUT2D eigenvalue weighted by Gasteiger charge is 2.73. The van der Waals surface area contributed by atoms with Crippen LogP contribution in [-0.4, -0.2) is 63.8 Å². The zero-order chi connectivity index (χ0) is 25.1. The highest BCUT2D eigenvalue weighted by Crippen LogP contribution is 2.66. The van der Waals surface area contributed by atoms with Crippen LogP contribution in [0.4, 0.5) is 5.69 Å². The van der Waals surface area contributed by atoms with Gasteiger partial charge in [0.2, 0.25) is 6.79 Å². The third-order valence-electron chi connectivity index (χ3n) is 9.42. The van der Waals surface area contributed by atoms with E-state index in [0.29, 0.717) is 41.7 Å². The number of amides is 1. The number of aliphatic hydroxyl groups excluding tert-OH is 1. The molecule has 8 rings (SSSR count). The number of carbonyl (C=O) groups is 1. The number of fused-ring (bicyclic) bond motifs is 1. The molecule has 2 fully saturated rings. The second-order valence-corrected chi connectivity index (χ2v) is 11.3. The lowest BCUT2D eigenvalue weighted by atomic mass is 9.49. The molecule has 192 valence electrons. The summed E-state index contributed by atoms with van der Waals surface area (Å²) in [6.45, 7) is 1.81. The standard InChI is InChI=1S/C28H28N2O7/c31-18-5-3-15-9-21-28(34)11-17(26(33)29-16-4-6-19-20(10-16)36-13-35-19)23(32)25-27(28,22(15)24(18)37-25)7-8-30(21)12-14-1-2-14/h3-6,10,14,21,25,31-32,34H,1-2,7-9,11-13H2,(H,29,33)/t21-,25+,27+,28-/m1/s1. The van der Waals surface area contributed by atoms with Crippen molar-refractivity contribution in [3.8, 4) is 23.0 Å². The molecule has 0 aromatic heterocycles. The lowest BCUT2D eigenvalue weighted by Crippen LogP contribution is -2.75. The first-order valence-electron chi connectivity index (χ1n) is 13.0. The monoisotopic (exact) mass is 504 g/mol. The van der Waals surface area contributed by atoms with Crippen LogP contribution in [0, 0.1) is 5.92 Å². The number of hydrogen-bond donors (Lipinski definition) is 4. The van der Waals surface area contributed by atoms with Crippen molar-refractivity contribution >= 4 is 11.6 Å². The maximum Gasteiger partial charge on any atom is 0.255 e. The number of carbonyl (C=O) groups excluding carboxylic acids is 1. The number of nitrogens with zero attached hydrogens (tertiary/aromatic N) is 1. The Labute approximate surface area is 213 Å². The molecule has 9 nitrogen and oxygen atoms in total. The maximum absolute atomic E-state index is 13.6. The number of piperidine rings is 1. The van der Waals surface area contributed by atoms with Gasteiger partial charge in [-0.25, -0.2) is 0 Å². The Hall–Kier alpha value is -3.43. The number of phenolic OH excluding ortho intramolecular Hbond substituents is 1. The molecule has 2 aromatic carbocycles. The highest BCUT2D eigenvalue weighted by molar-refractivity contribution is 6.05. The number of anilines is 1. The van der Waals surface area contributed by atoms with Crippen LogP contribution in [0.3, 0.4) is 0 Å². The third-order valence-corrected chi connectivity index (χ3v) is 9.42. The summed E-state index contributed by atoms with van der Waals surface area (Å²) in [5, 5.41) is 37.7. The minimum atomic E-state index is -1.34. The van der Waals surface area contributed by atoms with Gasteiger partial charge in [-0.1, -0.05) is 6.07 Å². The molecule has 6 aliphatic rings. The van der Waals surface area contributed by atoms with Crippen LogP contribution in [0.5, 0.6) is 23.0 Å². The normalized spacial score (nSPS) is 32.7. The van der Waals surface area contributed by atoms with Crippen molar-refractivity contribution in [3.63, 3.8) is 0 Å². The predicted molar refractivity (Wildman–Crippen MR) is 131 cm³/mol. The number of nitrogens with one attached hydrogen (secondary N) is 1. The lowest BCUT2D eigenvalue weighted by molar-refractivity contribution is -0.172. The van der Waals surface area contributed by atoms with Gasteiger partial charge in [0.15, 0.2) is 29.1 Å². The van der Waals surface area contributed by atoms with Crippen LogP contribution in [0.2, 0.25) is 0 Å². The van der Waals surface area contributed by atoms with Crippen molar-refractivity contribution in [1.82, 2.24) is 4.90 Å². The van der Waals surface area contributed by atoms with Gasteiger partial charge in [0.1, 0.15) is 5.76 Å². The van der Waals surface area contributed by atoms with Crippen LogP contribution >= 0.6 is 0 Å². The van der Waals surface area contributed by atoms with Crippen LogP contribution < -0.4 is 19.5 Å². The molecule has 1 spiro atoms. The molecule has 3 aliphatic carbocycles. The van der Waals surface area contributed by atoms with Crippen LogP contribution in [0.15, 0.2) is 41.7 Å². The number of likely N-dealkylation sites (tertiary alicyclic amines) is 1. The van der Waals surface area contributed by atoms with E-state index < -0.39 is 23.0 Å². The van der Waals surface area contributed by atoms with Gasteiger partial charge >= 0.3 is 0 Å². The number of benzene rings is 2. The molecule has 3 aliphatic heterocycles. The number of rotatable bonds is 4. The number of ether oxygens (including phenoxy) is 3. The quantitative estimate of drug-likeness (QED) is 0.502. The largest absolute Gasteiger partial charge is 0.508 e. The van der Waals surface area contributed by atoms with E-state index in [2.05, 4.69) is 10.2 Å². The Balaban J connectivity index is 1.23. The molecular formula is C28H28N2O7. The summed E-state index contributed by atoms with van der Waals surface area (Å²) in [5.41, 5.74) is 0.165. The van der Waals surface area contributed by atoms with Crippen molar-refractivity contribution in [2.24, 2.45) is 5.92 Å². The van der Waals surface area contributed by atoms with E-state index in [1.54, 1.807) is 24.3 Å². The molecule has 1 amide bonds. The van der Waals surface area contributed by atoms with Gasteiger partial charge in [0.05, 0.1) is 16.6 Å². The van der Waals surface area contributed by atoms with Gasteiger partial charge in [-0.05, 0) is 61.9 Å². The molecule has 4 atom stereocenters. The molecule has 0 radical (unpaired) electrons. The van der Waals surface area contributed by atoms with Gasteiger partial charge in [-0.2, -0.15) is 0 Å². The molecule has 1 saturated heterocycles. The average Bonchev–Trinajstić information content (AvgIpc) is 3.43. The van der Waals surface area contributed by atoms with Gasteiger partial charge in [-0.15, -0.1) is 0 Å². The zero-order valence-corrected chi connectivity index (χ0v) is 20.2. The van der Waals surface area contributed by atoms with Crippen molar-refractivity contribution in [3.05, 3.63) is 52.8 Å². The van der Waals surface area contributed by atoms with E-state index in [1.165, 1.54) is 12.8 Å². The number of aromatic hydroxyl groups is 1. The Morgan fingerprint density at radius 2 is 1.97 bits per heavy atom. The molecule has 1 saturated carbocycles. The molecule has 2 bridgehead atoms. The summed E-state index contributed by atoms with van der Waals surface area (Å²) in [5.74, 6) is 1.41. The van der Waals surface area contributed by atoms with E-state index in [0.717, 1.165) is 24.2 Å². The van der Waals surface area contributed by atoms with E-state index >= 15 is 0 Å². The van der Waals surface area contributed by atoms with Gasteiger partial charge in [0, 0.05) is 36.3 Å². The fourth-order valence-electron chi connectivity index (χ4n) is 7.55. The first-order valence-corrected chi connectivity index (χ1v) is 13.0. The zero-order valence-electron chi connectivity index (χ0n) is 20.2. The van der Waals surface area contributed by atoms with Crippen LogP contribution in [0.1, 0.15) is 36.8 Å². The van der Waals surface area contributed by atoms with Crippen molar-refractivity contribution in [1.29, 1.82) is 0 Å². The summed E-state index contributed by atoms with van der Waals surface area (Å²) >= 11 is 0. The smallest absolute Gasteiger partial charge is 0.255 e. The van der Waals surface area contributed by atoms with Crippen molar-refractivity contribution in [2.75, 3.05) is 25.2 Å². The molecule has 2 aromatic rings. The van der Waals surface area contributed by atoms with Crippen LogP contribution in [-0.2, 0) is 16.6 Å². The summed E-state index contributed by atoms with van der Waals surface area (Å²) < 4.78 is 17.0. The molecule has 3 heterocycles. The Kier molecular flexibility index (Phi) is 4.16. The molecular weight excluding hydrogens is 476 g/mol. The lowest BCUT2D eigenvalue weighted by Gasteiger charge is -2.62. The first-order chi connectivity index (χ1) is 17.9. The Morgan fingerprint density at radius 3 is 2.81 bits per heavy atom. The first kappa shape index (κ1) is 21.6. The SMILES string of the molecule is O=C(Nc1ccc2c(c1)OCO2)C1=C(O)[C@@H]2Oc3c(O)ccc4c3[C@@]23CCN(CC2CC2)[C@H](C4)[C@]3(O)C1. The predicted octanol–water partition coefficient (Wildman–Crippen LogP) is 2.75. The second-order valence-electron chi connectivity index (χ2n) is 11.3. The van der Waals surface area contributed by atoms with E-state index in [-0.39, 0.29) is 36.3 Å². The Morgan fingerprint density at radius 1 is 1.14 bits per heavy atom. The Bertz CT molecular complexity index is 1400. The fraction of sp³-hybridized carbons (Fsp3) is 0.464. The minimum absolute atomic E-state index is 0.00452. The van der Waals surface area contributed by atoms with Gasteiger partial charge in [-0.3, -0.25) is 9.69 Å². The van der Waals surface area contributed by atoms with Crippen molar-refractivity contribution < 1.29 is 34.3 Å². The number of aliphatic hydroxyl groups is 2. The fourth-order valence-corrected chi connectivity index (χ4v) is 7.55. The van der Waals surface area contributed by atoms with Gasteiger partial charge in [0.25, 0.3) is 5.91 Å². The van der Waals surface area contributed by atoms with E-state index in [9.17, 15) is 20.1 Å². The summed E-state index contributed by atoms with van der Waals surface area (Å²) in [4.78, 5) is 16.0. The summed E-state index contributed by atoms with van der Waals surface area (Å²) in [7, 11) is 0. The summed E-state index contributed by atoms with van der Waals surface area (Å²) in [6.07, 6.45) is 2.63. The number of hydrogen-bond acceptors (Lipinski definition) is 8.